The van der Waals surface area contributed by atoms with Gasteiger partial charge in [0.2, 0.25) is 0 Å². The predicted octanol–water partition coefficient (Wildman–Crippen LogP) is 3.70. The maximum Gasteiger partial charge on any atom is 0.272 e. The van der Waals surface area contributed by atoms with E-state index in [2.05, 4.69) is 13.8 Å². The van der Waals surface area contributed by atoms with Gasteiger partial charge in [-0.15, -0.1) is 0 Å². The summed E-state index contributed by atoms with van der Waals surface area (Å²) < 4.78 is 5.68. The van der Waals surface area contributed by atoms with E-state index in [1.165, 1.54) is 0 Å². The number of nitrogens with two attached hydrogens (primary N) is 1. The predicted molar refractivity (Wildman–Crippen MR) is 103 cm³/mol. The molecule has 2 rings (SSSR count). The molecule has 25 heavy (non-hydrogen) atoms. The van der Waals surface area contributed by atoms with Gasteiger partial charge in [0.15, 0.2) is 0 Å². The standard InChI is InChI=1S/C20H27N3O2/c1-15(2)13-14-25-19-11-9-18(10-12-19)23(21)20(24)16-5-7-17(8-6-16)22(3)4/h5-12,15H,13-14,21H2,1-4H3. The van der Waals surface area contributed by atoms with Gasteiger partial charge in [0, 0.05) is 25.3 Å². The summed E-state index contributed by atoms with van der Waals surface area (Å²) in [6.07, 6.45) is 1.01. The van der Waals surface area contributed by atoms with Gasteiger partial charge in [0.05, 0.1) is 12.3 Å². The van der Waals surface area contributed by atoms with Crippen LogP contribution in [-0.2, 0) is 0 Å². The van der Waals surface area contributed by atoms with Gasteiger partial charge in [-0.1, -0.05) is 13.8 Å². The summed E-state index contributed by atoms with van der Waals surface area (Å²) >= 11 is 0. The number of hydrazine groups is 1. The average molecular weight is 341 g/mol. The molecule has 0 spiro atoms. The first kappa shape index (κ1) is 18.8. The maximum absolute atomic E-state index is 12.5. The topological polar surface area (TPSA) is 58.8 Å². The number of carbonyl (C=O) groups is 1. The Morgan fingerprint density at radius 3 is 2.08 bits per heavy atom. The summed E-state index contributed by atoms with van der Waals surface area (Å²) in [4.78, 5) is 14.5. The lowest BCUT2D eigenvalue weighted by Gasteiger charge is -2.18. The molecular formula is C20H27N3O2. The summed E-state index contributed by atoms with van der Waals surface area (Å²) in [5, 5.41) is 1.16. The van der Waals surface area contributed by atoms with E-state index in [0.717, 1.165) is 22.9 Å². The Hall–Kier alpha value is -2.53. The molecule has 1 amide bonds. The summed E-state index contributed by atoms with van der Waals surface area (Å²) in [5.74, 6) is 7.12. The van der Waals surface area contributed by atoms with Gasteiger partial charge >= 0.3 is 0 Å². The molecule has 5 heteroatoms. The number of anilines is 2. The lowest BCUT2D eigenvalue weighted by molar-refractivity contribution is 0.0987. The first-order valence-electron chi connectivity index (χ1n) is 8.48. The summed E-state index contributed by atoms with van der Waals surface area (Å²) in [7, 11) is 3.91. The zero-order valence-corrected chi connectivity index (χ0v) is 15.4. The third-order valence-electron chi connectivity index (χ3n) is 3.93. The van der Waals surface area contributed by atoms with Crippen LogP contribution in [-0.4, -0.2) is 26.6 Å². The molecule has 0 unspecified atom stereocenters. The van der Waals surface area contributed by atoms with Crippen LogP contribution in [0.5, 0.6) is 5.75 Å². The molecule has 2 aromatic carbocycles. The Kier molecular flexibility index (Phi) is 6.42. The van der Waals surface area contributed by atoms with Crippen molar-refractivity contribution < 1.29 is 9.53 Å². The van der Waals surface area contributed by atoms with Crippen LogP contribution < -0.4 is 20.5 Å². The molecule has 0 fully saturated rings. The van der Waals surface area contributed by atoms with Gasteiger partial charge in [0.1, 0.15) is 5.75 Å². The summed E-state index contributed by atoms with van der Waals surface area (Å²) in [6, 6.07) is 14.6. The number of ether oxygens (including phenoxy) is 1. The molecule has 5 nitrogen and oxygen atoms in total. The molecule has 0 saturated heterocycles. The highest BCUT2D eigenvalue weighted by Gasteiger charge is 2.14. The van der Waals surface area contributed by atoms with E-state index in [4.69, 9.17) is 10.6 Å². The Bertz CT molecular complexity index is 679. The second-order valence-electron chi connectivity index (χ2n) is 6.64. The number of amides is 1. The van der Waals surface area contributed by atoms with Crippen molar-refractivity contribution in [2.75, 3.05) is 30.6 Å². The maximum atomic E-state index is 12.5. The Balaban J connectivity index is 2.01. The van der Waals surface area contributed by atoms with E-state index in [1.807, 2.05) is 43.3 Å². The van der Waals surface area contributed by atoms with Crippen molar-refractivity contribution >= 4 is 17.3 Å². The van der Waals surface area contributed by atoms with Gasteiger partial charge in [0.25, 0.3) is 5.91 Å². The third-order valence-corrected chi connectivity index (χ3v) is 3.93. The lowest BCUT2D eigenvalue weighted by Crippen LogP contribution is -2.37. The van der Waals surface area contributed by atoms with Crippen LogP contribution in [0.2, 0.25) is 0 Å². The summed E-state index contributed by atoms with van der Waals surface area (Å²) in [6.45, 7) is 5.01. The van der Waals surface area contributed by atoms with Crippen LogP contribution in [0.3, 0.4) is 0 Å². The molecule has 134 valence electrons. The minimum atomic E-state index is -0.251. The molecule has 0 aromatic heterocycles. The van der Waals surface area contributed by atoms with Crippen LogP contribution >= 0.6 is 0 Å². The highest BCUT2D eigenvalue weighted by Crippen LogP contribution is 2.20. The first-order chi connectivity index (χ1) is 11.9. The van der Waals surface area contributed by atoms with Gasteiger partial charge in [-0.25, -0.2) is 10.9 Å². The third kappa shape index (κ3) is 5.22. The Morgan fingerprint density at radius 2 is 1.56 bits per heavy atom. The number of hydrogen-bond acceptors (Lipinski definition) is 4. The van der Waals surface area contributed by atoms with Crippen LogP contribution in [0.4, 0.5) is 11.4 Å². The number of benzene rings is 2. The van der Waals surface area contributed by atoms with Crippen molar-refractivity contribution in [3.63, 3.8) is 0 Å². The van der Waals surface area contributed by atoms with E-state index in [9.17, 15) is 4.79 Å². The van der Waals surface area contributed by atoms with Gasteiger partial charge in [-0.2, -0.15) is 0 Å². The van der Waals surface area contributed by atoms with Crippen LogP contribution in [0, 0.1) is 5.92 Å². The van der Waals surface area contributed by atoms with Crippen molar-refractivity contribution in [2.45, 2.75) is 20.3 Å². The number of nitrogens with zero attached hydrogens (tertiary/aromatic N) is 2. The normalized spacial score (nSPS) is 10.6. The number of rotatable bonds is 7. The minimum Gasteiger partial charge on any atom is -0.494 e. The summed E-state index contributed by atoms with van der Waals surface area (Å²) in [5.41, 5.74) is 2.20. The van der Waals surface area contributed by atoms with Crippen LogP contribution in [0.25, 0.3) is 0 Å². The zero-order chi connectivity index (χ0) is 18.4. The Morgan fingerprint density at radius 1 is 1.00 bits per heavy atom. The second kappa shape index (κ2) is 8.53. The average Bonchev–Trinajstić information content (AvgIpc) is 2.61. The quantitative estimate of drug-likeness (QED) is 0.474. The highest BCUT2D eigenvalue weighted by atomic mass is 16.5. The molecule has 0 saturated carbocycles. The highest BCUT2D eigenvalue weighted by molar-refractivity contribution is 6.05. The SMILES string of the molecule is CC(C)CCOc1ccc(N(N)C(=O)c2ccc(N(C)C)cc2)cc1. The van der Waals surface area contributed by atoms with Crippen molar-refractivity contribution in [1.29, 1.82) is 0 Å². The van der Waals surface area contributed by atoms with Crippen molar-refractivity contribution in [3.8, 4) is 5.75 Å². The lowest BCUT2D eigenvalue weighted by atomic mass is 10.1. The molecule has 0 atom stereocenters. The molecule has 0 aliphatic rings. The minimum absolute atomic E-state index is 0.251. The Labute approximate surface area is 150 Å². The number of carbonyl (C=O) groups excluding carboxylic acids is 1. The van der Waals surface area contributed by atoms with E-state index in [1.54, 1.807) is 24.3 Å². The smallest absolute Gasteiger partial charge is 0.272 e. The van der Waals surface area contributed by atoms with Crippen molar-refractivity contribution in [1.82, 2.24) is 0 Å². The molecule has 0 radical (unpaired) electrons. The van der Waals surface area contributed by atoms with E-state index >= 15 is 0 Å². The molecule has 0 aliphatic carbocycles. The molecule has 2 aromatic rings. The molecule has 0 aliphatic heterocycles. The molecule has 0 bridgehead atoms. The van der Waals surface area contributed by atoms with E-state index in [0.29, 0.717) is 23.8 Å². The van der Waals surface area contributed by atoms with Gasteiger partial charge in [-0.05, 0) is 60.9 Å². The van der Waals surface area contributed by atoms with E-state index < -0.39 is 0 Å². The van der Waals surface area contributed by atoms with Crippen LogP contribution in [0.1, 0.15) is 30.6 Å². The van der Waals surface area contributed by atoms with Gasteiger partial charge in [-0.3, -0.25) is 4.79 Å². The fraction of sp³-hybridized carbons (Fsp3) is 0.350. The molecule has 0 heterocycles. The second-order valence-corrected chi connectivity index (χ2v) is 6.64. The van der Waals surface area contributed by atoms with Crippen molar-refractivity contribution in [2.24, 2.45) is 11.8 Å². The fourth-order valence-electron chi connectivity index (χ4n) is 2.27. The van der Waals surface area contributed by atoms with Crippen molar-refractivity contribution in [3.05, 3.63) is 54.1 Å². The fourth-order valence-corrected chi connectivity index (χ4v) is 2.27. The zero-order valence-electron chi connectivity index (χ0n) is 15.4. The monoisotopic (exact) mass is 341 g/mol. The van der Waals surface area contributed by atoms with Gasteiger partial charge < -0.3 is 9.64 Å². The molecule has 2 N–H and O–H groups in total. The molecular weight excluding hydrogens is 314 g/mol. The van der Waals surface area contributed by atoms with Crippen LogP contribution in [0.15, 0.2) is 48.5 Å². The van der Waals surface area contributed by atoms with E-state index in [-0.39, 0.29) is 5.91 Å². The first-order valence-corrected chi connectivity index (χ1v) is 8.48. The number of hydrogen-bond donors (Lipinski definition) is 1. The largest absolute Gasteiger partial charge is 0.494 e.